The summed E-state index contributed by atoms with van der Waals surface area (Å²) in [5.74, 6) is 1.04. The topological polar surface area (TPSA) is 199 Å². The molecule has 4 aromatic rings. The first-order chi connectivity index (χ1) is 25.0. The number of imidazole rings is 1. The van der Waals surface area contributed by atoms with E-state index in [9.17, 15) is 23.7 Å². The zero-order chi connectivity index (χ0) is 37.3. The third-order valence-corrected chi connectivity index (χ3v) is 9.84. The van der Waals surface area contributed by atoms with Crippen LogP contribution in [0.1, 0.15) is 57.7 Å². The van der Waals surface area contributed by atoms with Crippen LogP contribution >= 0.6 is 7.75 Å². The summed E-state index contributed by atoms with van der Waals surface area (Å²) in [6.07, 6.45) is 4.91. The van der Waals surface area contributed by atoms with Gasteiger partial charge in [-0.2, -0.15) is 19.4 Å². The summed E-state index contributed by atoms with van der Waals surface area (Å²) in [5, 5.41) is 12.7. The van der Waals surface area contributed by atoms with E-state index in [0.29, 0.717) is 18.4 Å². The van der Waals surface area contributed by atoms with Crippen molar-refractivity contribution >= 4 is 36.9 Å². The highest BCUT2D eigenvalue weighted by molar-refractivity contribution is 7.52. The number of ether oxygens (including phenoxy) is 3. The Morgan fingerprint density at radius 2 is 1.83 bits per heavy atom. The first kappa shape index (κ1) is 38.2. The Hall–Kier alpha value is -5.07. The van der Waals surface area contributed by atoms with Gasteiger partial charge in [-0.05, 0) is 37.0 Å². The van der Waals surface area contributed by atoms with Crippen LogP contribution in [0.3, 0.4) is 0 Å². The quantitative estimate of drug-likeness (QED) is 0.0507. The molecule has 0 amide bonds. The van der Waals surface area contributed by atoms with Gasteiger partial charge in [0.25, 0.3) is 0 Å². The number of terminal acetylenes is 1. The van der Waals surface area contributed by atoms with E-state index in [4.69, 9.17) is 35.4 Å². The van der Waals surface area contributed by atoms with Gasteiger partial charge in [0.2, 0.25) is 0 Å². The molecule has 4 N–H and O–H groups in total. The zero-order valence-electron chi connectivity index (χ0n) is 28.6. The number of carbonyl (C=O) groups excluding carboxylic acids is 1. The van der Waals surface area contributed by atoms with Crippen molar-refractivity contribution in [2.45, 2.75) is 82.5 Å². The smallest absolute Gasteiger partial charge is 0.480 e. The molecule has 0 saturated carbocycles. The van der Waals surface area contributed by atoms with E-state index in [1.54, 1.807) is 48.5 Å². The predicted octanol–water partition coefficient (Wildman–Crippen LogP) is 5.82. The SMILES string of the molecule is C#C[C@]1(CO[P@@](=O)(NC(Cc2ccccc2)C(=O)O)Oc2ccccc2)O[C@@H](n2cnc3c(N)nc(F)nc32)C[C@@H]1OC(=O)OC(CCC)CCC. The van der Waals surface area contributed by atoms with E-state index < -0.39 is 62.6 Å². The molecule has 17 heteroatoms. The van der Waals surface area contributed by atoms with Gasteiger partial charge >= 0.3 is 25.9 Å². The van der Waals surface area contributed by atoms with Crippen molar-refractivity contribution in [2.24, 2.45) is 0 Å². The number of carboxylic acids is 1. The van der Waals surface area contributed by atoms with Crippen molar-refractivity contribution in [3.05, 3.63) is 78.6 Å². The van der Waals surface area contributed by atoms with Crippen LogP contribution in [-0.2, 0) is 34.5 Å². The Morgan fingerprint density at radius 1 is 1.15 bits per heavy atom. The molecule has 1 unspecified atom stereocenters. The maximum atomic E-state index is 14.5. The Balaban J connectivity index is 1.47. The van der Waals surface area contributed by atoms with Gasteiger partial charge in [-0.25, -0.2) is 14.3 Å². The molecule has 52 heavy (non-hydrogen) atoms. The van der Waals surface area contributed by atoms with Gasteiger partial charge in [0.15, 0.2) is 28.7 Å². The number of hydrogen-bond donors (Lipinski definition) is 3. The first-order valence-corrected chi connectivity index (χ1v) is 18.2. The molecule has 5 atom stereocenters. The number of nitrogen functional groups attached to an aromatic ring is 1. The van der Waals surface area contributed by atoms with E-state index in [0.717, 1.165) is 12.8 Å². The fourth-order valence-electron chi connectivity index (χ4n) is 5.78. The van der Waals surface area contributed by atoms with Crippen molar-refractivity contribution in [1.82, 2.24) is 24.6 Å². The van der Waals surface area contributed by atoms with Gasteiger partial charge < -0.3 is 29.6 Å². The summed E-state index contributed by atoms with van der Waals surface area (Å²) >= 11 is 0. The van der Waals surface area contributed by atoms with Crippen LogP contribution in [-0.4, -0.2) is 67.2 Å². The molecule has 1 aliphatic rings. The highest BCUT2D eigenvalue weighted by Gasteiger charge is 2.53. The lowest BCUT2D eigenvalue weighted by molar-refractivity contribution is -0.139. The lowest BCUT2D eigenvalue weighted by Gasteiger charge is -2.31. The minimum atomic E-state index is -4.61. The van der Waals surface area contributed by atoms with Crippen LogP contribution in [0.5, 0.6) is 5.75 Å². The number of anilines is 1. The molecule has 1 saturated heterocycles. The van der Waals surface area contributed by atoms with E-state index in [1.165, 1.54) is 23.0 Å². The number of para-hydroxylation sites is 1. The van der Waals surface area contributed by atoms with Gasteiger partial charge in [0.05, 0.1) is 6.33 Å². The monoisotopic (exact) mass is 738 g/mol. The number of carbonyl (C=O) groups is 2. The van der Waals surface area contributed by atoms with Crippen molar-refractivity contribution in [2.75, 3.05) is 12.3 Å². The molecule has 2 aromatic heterocycles. The first-order valence-electron chi connectivity index (χ1n) is 16.7. The molecule has 0 aliphatic carbocycles. The largest absolute Gasteiger partial charge is 0.508 e. The number of fused-ring (bicyclic) bond motifs is 1. The minimum absolute atomic E-state index is 0.0269. The lowest BCUT2D eigenvalue weighted by atomic mass is 9.99. The van der Waals surface area contributed by atoms with Crippen LogP contribution in [0.4, 0.5) is 15.0 Å². The van der Waals surface area contributed by atoms with E-state index >= 15 is 0 Å². The normalized spacial score (nSPS) is 20.2. The Bertz CT molecular complexity index is 1920. The summed E-state index contributed by atoms with van der Waals surface area (Å²) in [7, 11) is -4.61. The zero-order valence-corrected chi connectivity index (χ0v) is 29.5. The molecule has 3 heterocycles. The van der Waals surface area contributed by atoms with E-state index in [1.807, 2.05) is 13.8 Å². The summed E-state index contributed by atoms with van der Waals surface area (Å²) in [4.78, 5) is 37.1. The number of rotatable bonds is 17. The van der Waals surface area contributed by atoms with Gasteiger partial charge in [-0.3, -0.25) is 13.9 Å². The predicted molar refractivity (Wildman–Crippen MR) is 186 cm³/mol. The number of halogens is 1. The average Bonchev–Trinajstić information content (AvgIpc) is 3.70. The van der Waals surface area contributed by atoms with Crippen LogP contribution in [0.2, 0.25) is 0 Å². The van der Waals surface area contributed by atoms with Crippen molar-refractivity contribution in [3.8, 4) is 18.1 Å². The minimum Gasteiger partial charge on any atom is -0.480 e. The molecular weight excluding hydrogens is 698 g/mol. The summed E-state index contributed by atoms with van der Waals surface area (Å²) < 4.78 is 59.6. The number of nitrogens with zero attached hydrogens (tertiary/aromatic N) is 4. The molecule has 15 nitrogen and oxygen atoms in total. The van der Waals surface area contributed by atoms with Crippen LogP contribution in [0.15, 0.2) is 67.0 Å². The molecule has 0 bridgehead atoms. The molecule has 276 valence electrons. The van der Waals surface area contributed by atoms with E-state index in [-0.39, 0.29) is 35.6 Å². The van der Waals surface area contributed by atoms with E-state index in [2.05, 4.69) is 26.0 Å². The van der Waals surface area contributed by atoms with Crippen molar-refractivity contribution < 1.29 is 46.9 Å². The highest BCUT2D eigenvalue weighted by Crippen LogP contribution is 2.48. The molecule has 0 radical (unpaired) electrons. The summed E-state index contributed by atoms with van der Waals surface area (Å²) in [6, 6.07) is 15.2. The van der Waals surface area contributed by atoms with Gasteiger partial charge in [-0.15, -0.1) is 6.42 Å². The third kappa shape index (κ3) is 9.23. The molecule has 5 rings (SSSR count). The van der Waals surface area contributed by atoms with Crippen LogP contribution in [0.25, 0.3) is 11.2 Å². The highest BCUT2D eigenvalue weighted by atomic mass is 31.2. The lowest BCUT2D eigenvalue weighted by Crippen LogP contribution is -2.46. The van der Waals surface area contributed by atoms with Crippen LogP contribution in [0, 0.1) is 18.4 Å². The molecule has 1 fully saturated rings. The number of carboxylic acid groups (broad SMARTS) is 1. The second kappa shape index (κ2) is 17.0. The Kier molecular flexibility index (Phi) is 12.5. The Labute approximate surface area is 299 Å². The van der Waals surface area contributed by atoms with Crippen molar-refractivity contribution in [3.63, 3.8) is 0 Å². The number of aromatic nitrogens is 4. The maximum absolute atomic E-state index is 14.5. The van der Waals surface area contributed by atoms with Gasteiger partial charge in [0.1, 0.15) is 30.7 Å². The molecule has 0 spiro atoms. The summed E-state index contributed by atoms with van der Waals surface area (Å²) in [6.45, 7) is 3.18. The van der Waals surface area contributed by atoms with Gasteiger partial charge in [0, 0.05) is 6.42 Å². The number of aliphatic carboxylic acids is 1. The summed E-state index contributed by atoms with van der Waals surface area (Å²) in [5.41, 5.74) is 4.59. The number of nitrogens with one attached hydrogen (secondary N) is 1. The second-order valence-corrected chi connectivity index (χ2v) is 13.8. The maximum Gasteiger partial charge on any atom is 0.508 e. The molecular formula is C35H40FN6O9P. The number of benzene rings is 2. The average molecular weight is 739 g/mol. The molecule has 1 aliphatic heterocycles. The molecule has 2 aromatic carbocycles. The van der Waals surface area contributed by atoms with Crippen molar-refractivity contribution in [1.29, 1.82) is 0 Å². The van der Waals surface area contributed by atoms with Crippen LogP contribution < -0.4 is 15.3 Å². The fraction of sp³-hybridized carbons (Fsp3) is 0.400. The third-order valence-electron chi connectivity index (χ3n) is 8.29. The Morgan fingerprint density at radius 3 is 2.46 bits per heavy atom. The second-order valence-electron chi connectivity index (χ2n) is 12.1. The fourth-order valence-corrected chi connectivity index (χ4v) is 7.30. The number of hydrogen-bond acceptors (Lipinski definition) is 12. The number of nitrogens with two attached hydrogens (primary N) is 1. The van der Waals surface area contributed by atoms with Gasteiger partial charge in [-0.1, -0.05) is 81.1 Å². The standard InChI is InChI=1S/C35H40FN6O9P/c1-4-13-24(14-5-2)48-34(45)49-27-20-28(42-22-38-29-30(37)39-33(36)40-31(29)42)50-35(27,6-3)21-47-52(46,51-25-17-11-8-12-18-25)41-26(32(43)44)19-23-15-9-7-10-16-23/h3,7-12,15-18,22,24,26-28H,4-5,13-14,19-21H2,1-2H3,(H,41,46)(H,43,44)(H2,37,39,40)/t26?,27-,28+,35+,52-/m0/s1.